The highest BCUT2D eigenvalue weighted by molar-refractivity contribution is 6.32. The Morgan fingerprint density at radius 2 is 2.21 bits per heavy atom. The molecule has 3 heteroatoms. The zero-order chi connectivity index (χ0) is 10.6. The van der Waals surface area contributed by atoms with Crippen LogP contribution in [0.25, 0.3) is 0 Å². The second kappa shape index (κ2) is 4.69. The first-order chi connectivity index (χ1) is 6.65. The maximum absolute atomic E-state index is 10.7. The molecule has 0 N–H and O–H groups in total. The van der Waals surface area contributed by atoms with Crippen LogP contribution < -0.4 is 0 Å². The molecule has 0 atom stereocenters. The molecule has 0 aromatic heterocycles. The average Bonchev–Trinajstić information content (AvgIpc) is 2.20. The van der Waals surface area contributed by atoms with Gasteiger partial charge in [-0.1, -0.05) is 29.7 Å². The molecule has 0 saturated carbocycles. The number of ether oxygens (including phenoxy) is 1. The van der Waals surface area contributed by atoms with Crippen LogP contribution in [0.5, 0.6) is 0 Å². The first-order valence-corrected chi connectivity index (χ1v) is 4.38. The number of methoxy groups -OCH3 is 1. The fourth-order valence-corrected chi connectivity index (χ4v) is 1.09. The third-order valence-electron chi connectivity index (χ3n) is 1.68. The molecule has 0 amide bonds. The zero-order valence-electron chi connectivity index (χ0n) is 7.93. The largest absolute Gasteiger partial charge is 0.459 e. The molecule has 0 heterocycles. The number of aryl methyl sites for hydroxylation is 1. The van der Waals surface area contributed by atoms with E-state index in [-0.39, 0.29) is 0 Å². The number of carbonyl (C=O) groups excluding carboxylic acids is 1. The molecule has 1 rings (SSSR count). The van der Waals surface area contributed by atoms with E-state index in [1.165, 1.54) is 7.11 Å². The Hall–Kier alpha value is -1.46. The zero-order valence-corrected chi connectivity index (χ0v) is 8.68. The fraction of sp³-hybridized carbons (Fsp3) is 0.182. The molecule has 0 unspecified atom stereocenters. The van der Waals surface area contributed by atoms with Crippen molar-refractivity contribution < 1.29 is 9.53 Å². The number of esters is 1. The predicted octanol–water partition coefficient (Wildman–Crippen LogP) is 2.17. The first kappa shape index (κ1) is 10.6. The maximum atomic E-state index is 10.7. The van der Waals surface area contributed by atoms with Gasteiger partial charge in [-0.3, -0.25) is 0 Å². The van der Waals surface area contributed by atoms with Gasteiger partial charge in [-0.25, -0.2) is 4.79 Å². The van der Waals surface area contributed by atoms with Crippen LogP contribution in [0.4, 0.5) is 0 Å². The molecular weight excluding hydrogens is 200 g/mol. The molecule has 0 saturated heterocycles. The monoisotopic (exact) mass is 208 g/mol. The van der Waals surface area contributed by atoms with Crippen molar-refractivity contribution in [3.05, 3.63) is 34.3 Å². The van der Waals surface area contributed by atoms with Crippen molar-refractivity contribution in [3.8, 4) is 11.8 Å². The predicted molar refractivity (Wildman–Crippen MR) is 55.1 cm³/mol. The van der Waals surface area contributed by atoms with E-state index in [2.05, 4.69) is 16.6 Å². The van der Waals surface area contributed by atoms with Gasteiger partial charge < -0.3 is 4.74 Å². The standard InChI is InChI=1S/C11H9ClO2/c1-8-4-3-5-9(11(8)12)6-7-10(13)14-2/h3-5H,1-2H3. The second-order valence-corrected chi connectivity index (χ2v) is 3.06. The molecule has 0 fully saturated rings. The van der Waals surface area contributed by atoms with E-state index in [1.807, 2.05) is 19.1 Å². The van der Waals surface area contributed by atoms with Crippen molar-refractivity contribution in [2.24, 2.45) is 0 Å². The summed E-state index contributed by atoms with van der Waals surface area (Å²) in [5, 5.41) is 0.573. The van der Waals surface area contributed by atoms with E-state index in [9.17, 15) is 4.79 Å². The third-order valence-corrected chi connectivity index (χ3v) is 2.18. The molecular formula is C11H9ClO2. The Balaban J connectivity index is 3.01. The first-order valence-electron chi connectivity index (χ1n) is 4.00. The highest BCUT2D eigenvalue weighted by Crippen LogP contribution is 2.18. The van der Waals surface area contributed by atoms with Gasteiger partial charge in [-0.05, 0) is 18.6 Å². The van der Waals surface area contributed by atoms with Gasteiger partial charge in [0.25, 0.3) is 0 Å². The smallest absolute Gasteiger partial charge is 0.384 e. The normalized spacial score (nSPS) is 8.79. The van der Waals surface area contributed by atoms with E-state index in [0.717, 1.165) is 5.56 Å². The summed E-state index contributed by atoms with van der Waals surface area (Å²) >= 11 is 5.97. The van der Waals surface area contributed by atoms with Gasteiger partial charge in [0.1, 0.15) is 0 Å². The van der Waals surface area contributed by atoms with Crippen molar-refractivity contribution in [1.29, 1.82) is 0 Å². The van der Waals surface area contributed by atoms with Gasteiger partial charge in [0.2, 0.25) is 0 Å². The van der Waals surface area contributed by atoms with Crippen molar-refractivity contribution in [3.63, 3.8) is 0 Å². The topological polar surface area (TPSA) is 26.3 Å². The summed E-state index contributed by atoms with van der Waals surface area (Å²) in [6.07, 6.45) is 0. The lowest BCUT2D eigenvalue weighted by Gasteiger charge is -1.98. The van der Waals surface area contributed by atoms with Crippen LogP contribution in [-0.2, 0) is 9.53 Å². The van der Waals surface area contributed by atoms with Crippen molar-refractivity contribution in [2.75, 3.05) is 7.11 Å². The van der Waals surface area contributed by atoms with E-state index < -0.39 is 5.97 Å². The lowest BCUT2D eigenvalue weighted by molar-refractivity contribution is -0.133. The van der Waals surface area contributed by atoms with Gasteiger partial charge in [0.15, 0.2) is 0 Å². The van der Waals surface area contributed by atoms with Crippen molar-refractivity contribution >= 4 is 17.6 Å². The molecule has 0 aliphatic carbocycles. The van der Waals surface area contributed by atoms with Crippen molar-refractivity contribution in [2.45, 2.75) is 6.92 Å². The third kappa shape index (κ3) is 2.51. The van der Waals surface area contributed by atoms with Gasteiger partial charge >= 0.3 is 5.97 Å². The molecule has 14 heavy (non-hydrogen) atoms. The van der Waals surface area contributed by atoms with Gasteiger partial charge in [-0.15, -0.1) is 0 Å². The molecule has 0 spiro atoms. The number of carbonyl (C=O) groups is 1. The van der Waals surface area contributed by atoms with Crippen LogP contribution in [0.1, 0.15) is 11.1 Å². The van der Waals surface area contributed by atoms with E-state index in [0.29, 0.717) is 10.6 Å². The number of hydrogen-bond acceptors (Lipinski definition) is 2. The summed E-state index contributed by atoms with van der Waals surface area (Å²) < 4.78 is 4.39. The van der Waals surface area contributed by atoms with Gasteiger partial charge in [-0.2, -0.15) is 0 Å². The minimum Gasteiger partial charge on any atom is -0.459 e. The van der Waals surface area contributed by atoms with Crippen molar-refractivity contribution in [1.82, 2.24) is 0 Å². The summed E-state index contributed by atoms with van der Waals surface area (Å²) in [6, 6.07) is 5.47. The van der Waals surface area contributed by atoms with Crippen LogP contribution in [0, 0.1) is 18.8 Å². The summed E-state index contributed by atoms with van der Waals surface area (Å²) in [5.74, 6) is 4.40. The molecule has 0 aliphatic heterocycles. The van der Waals surface area contributed by atoms with Crippen LogP contribution in [0.15, 0.2) is 18.2 Å². The lowest BCUT2D eigenvalue weighted by Crippen LogP contribution is -1.94. The van der Waals surface area contributed by atoms with Crippen LogP contribution in [-0.4, -0.2) is 13.1 Å². The Kier molecular flexibility index (Phi) is 3.55. The van der Waals surface area contributed by atoms with E-state index >= 15 is 0 Å². The van der Waals surface area contributed by atoms with Crippen LogP contribution in [0.3, 0.4) is 0 Å². The van der Waals surface area contributed by atoms with Crippen LogP contribution in [0.2, 0.25) is 5.02 Å². The Bertz CT molecular complexity index is 413. The van der Waals surface area contributed by atoms with E-state index in [1.54, 1.807) is 6.07 Å². The number of benzene rings is 1. The molecule has 1 aromatic carbocycles. The van der Waals surface area contributed by atoms with Gasteiger partial charge in [0.05, 0.1) is 12.1 Å². The minimum atomic E-state index is -0.567. The molecule has 0 bridgehead atoms. The SMILES string of the molecule is COC(=O)C#Cc1cccc(C)c1Cl. The Labute approximate surface area is 87.8 Å². The van der Waals surface area contributed by atoms with E-state index in [4.69, 9.17) is 11.6 Å². The highest BCUT2D eigenvalue weighted by atomic mass is 35.5. The summed E-state index contributed by atoms with van der Waals surface area (Å²) in [7, 11) is 1.29. The molecule has 2 nitrogen and oxygen atoms in total. The summed E-state index contributed by atoms with van der Waals surface area (Å²) in [5.41, 5.74) is 1.57. The summed E-state index contributed by atoms with van der Waals surface area (Å²) in [4.78, 5) is 10.7. The number of hydrogen-bond donors (Lipinski definition) is 0. The average molecular weight is 209 g/mol. The second-order valence-electron chi connectivity index (χ2n) is 2.68. The quantitative estimate of drug-likeness (QED) is 0.483. The number of rotatable bonds is 0. The highest BCUT2D eigenvalue weighted by Gasteiger charge is 1.99. The molecule has 1 aromatic rings. The minimum absolute atomic E-state index is 0.567. The molecule has 72 valence electrons. The Morgan fingerprint density at radius 1 is 1.50 bits per heavy atom. The fourth-order valence-electron chi connectivity index (χ4n) is 0.913. The molecule has 0 aliphatic rings. The number of halogens is 1. The lowest BCUT2D eigenvalue weighted by atomic mass is 10.1. The molecule has 0 radical (unpaired) electrons. The van der Waals surface area contributed by atoms with Crippen LogP contribution >= 0.6 is 11.6 Å². The maximum Gasteiger partial charge on any atom is 0.384 e. The summed E-state index contributed by atoms with van der Waals surface area (Å²) in [6.45, 7) is 1.88. The Morgan fingerprint density at radius 3 is 2.86 bits per heavy atom. The van der Waals surface area contributed by atoms with Gasteiger partial charge in [0, 0.05) is 11.5 Å².